The summed E-state index contributed by atoms with van der Waals surface area (Å²) in [4.78, 5) is 18.4. The molecular formula is C12H13FN2O3. The number of rotatable bonds is 5. The van der Waals surface area contributed by atoms with E-state index in [0.717, 1.165) is 0 Å². The summed E-state index contributed by atoms with van der Waals surface area (Å²) >= 11 is 0. The molecule has 0 radical (unpaired) electrons. The predicted molar refractivity (Wildman–Crippen MR) is 63.9 cm³/mol. The summed E-state index contributed by atoms with van der Waals surface area (Å²) in [7, 11) is 1.57. The molecule has 0 bridgehead atoms. The lowest BCUT2D eigenvalue weighted by atomic mass is 10.2. The number of hydrogen-bond donors (Lipinski definition) is 1. The molecule has 0 atom stereocenters. The molecule has 5 nitrogen and oxygen atoms in total. The number of H-pyrrole nitrogens is 1. The number of nitrogens with one attached hydrogen (secondary N) is 1. The highest BCUT2D eigenvalue weighted by Gasteiger charge is 2.05. The van der Waals surface area contributed by atoms with Gasteiger partial charge >= 0.3 is 0 Å². The zero-order chi connectivity index (χ0) is 13.0. The smallest absolute Gasteiger partial charge is 0.258 e. The normalized spacial score (nSPS) is 11.0. The number of aromatic nitrogens is 2. The molecule has 0 aliphatic carbocycles. The molecule has 18 heavy (non-hydrogen) atoms. The van der Waals surface area contributed by atoms with E-state index in [1.807, 2.05) is 0 Å². The van der Waals surface area contributed by atoms with Crippen molar-refractivity contribution in [2.45, 2.75) is 6.61 Å². The Morgan fingerprint density at radius 1 is 1.39 bits per heavy atom. The second-order valence-corrected chi connectivity index (χ2v) is 3.72. The quantitative estimate of drug-likeness (QED) is 0.813. The van der Waals surface area contributed by atoms with Crippen LogP contribution in [0.15, 0.2) is 23.0 Å². The van der Waals surface area contributed by atoms with Gasteiger partial charge in [-0.2, -0.15) is 0 Å². The monoisotopic (exact) mass is 252 g/mol. The zero-order valence-corrected chi connectivity index (χ0v) is 9.90. The van der Waals surface area contributed by atoms with Gasteiger partial charge in [-0.3, -0.25) is 4.79 Å². The number of halogens is 1. The summed E-state index contributed by atoms with van der Waals surface area (Å²) < 4.78 is 23.1. The lowest BCUT2D eigenvalue weighted by Crippen LogP contribution is -2.13. The van der Waals surface area contributed by atoms with Crippen molar-refractivity contribution in [3.8, 4) is 0 Å². The van der Waals surface area contributed by atoms with Gasteiger partial charge in [-0.15, -0.1) is 0 Å². The number of methoxy groups -OCH3 is 1. The van der Waals surface area contributed by atoms with Gasteiger partial charge in [0.15, 0.2) is 0 Å². The summed E-state index contributed by atoms with van der Waals surface area (Å²) in [5.41, 5.74) is 0.0226. The Bertz CT molecular complexity index is 597. The van der Waals surface area contributed by atoms with E-state index in [9.17, 15) is 9.18 Å². The van der Waals surface area contributed by atoms with Gasteiger partial charge in [0.2, 0.25) is 0 Å². The third-order valence-electron chi connectivity index (χ3n) is 2.39. The standard InChI is InChI=1S/C12H13FN2O3/c1-17-4-5-18-7-11-14-10-6-8(13)2-3-9(10)12(16)15-11/h2-3,6H,4-5,7H2,1H3,(H,14,15,16). The van der Waals surface area contributed by atoms with Gasteiger partial charge in [0, 0.05) is 13.2 Å². The van der Waals surface area contributed by atoms with Crippen LogP contribution in [0.5, 0.6) is 0 Å². The van der Waals surface area contributed by atoms with Crippen LogP contribution in [0.25, 0.3) is 10.9 Å². The Balaban J connectivity index is 2.22. The Hall–Kier alpha value is -1.79. The van der Waals surface area contributed by atoms with Crippen LogP contribution in [0.4, 0.5) is 4.39 Å². The molecule has 1 aromatic heterocycles. The van der Waals surface area contributed by atoms with Gasteiger partial charge in [-0.25, -0.2) is 9.37 Å². The van der Waals surface area contributed by atoms with Crippen molar-refractivity contribution in [2.24, 2.45) is 0 Å². The Labute approximate surface area is 103 Å². The highest BCUT2D eigenvalue weighted by atomic mass is 19.1. The lowest BCUT2D eigenvalue weighted by molar-refractivity contribution is 0.0586. The topological polar surface area (TPSA) is 64.2 Å². The molecule has 2 rings (SSSR count). The number of nitrogens with zero attached hydrogens (tertiary/aromatic N) is 1. The fourth-order valence-corrected chi connectivity index (χ4v) is 1.54. The van der Waals surface area contributed by atoms with E-state index in [0.29, 0.717) is 29.9 Å². The highest BCUT2D eigenvalue weighted by Crippen LogP contribution is 2.09. The Kier molecular flexibility index (Phi) is 4.01. The molecule has 0 saturated carbocycles. The molecular weight excluding hydrogens is 239 g/mol. The van der Waals surface area contributed by atoms with Crippen molar-refractivity contribution >= 4 is 10.9 Å². The van der Waals surface area contributed by atoms with Gasteiger partial charge < -0.3 is 14.5 Å². The molecule has 1 heterocycles. The average Bonchev–Trinajstić information content (AvgIpc) is 2.34. The number of aromatic amines is 1. The number of benzene rings is 1. The van der Waals surface area contributed by atoms with Crippen molar-refractivity contribution in [3.05, 3.63) is 40.2 Å². The van der Waals surface area contributed by atoms with Crippen molar-refractivity contribution in [1.82, 2.24) is 9.97 Å². The molecule has 0 fully saturated rings. The molecule has 1 N–H and O–H groups in total. The van der Waals surface area contributed by atoms with Crippen molar-refractivity contribution in [1.29, 1.82) is 0 Å². The molecule has 0 amide bonds. The zero-order valence-electron chi connectivity index (χ0n) is 9.90. The van der Waals surface area contributed by atoms with Gasteiger partial charge in [0.05, 0.1) is 24.1 Å². The van der Waals surface area contributed by atoms with E-state index in [-0.39, 0.29) is 12.2 Å². The van der Waals surface area contributed by atoms with Crippen molar-refractivity contribution in [2.75, 3.05) is 20.3 Å². The first-order chi connectivity index (χ1) is 8.70. The van der Waals surface area contributed by atoms with E-state index >= 15 is 0 Å². The van der Waals surface area contributed by atoms with Crippen molar-refractivity contribution in [3.63, 3.8) is 0 Å². The molecule has 1 aromatic carbocycles. The number of hydrogen-bond acceptors (Lipinski definition) is 4. The van der Waals surface area contributed by atoms with Crippen LogP contribution < -0.4 is 5.56 Å². The van der Waals surface area contributed by atoms with Crippen LogP contribution in [0.3, 0.4) is 0 Å². The van der Waals surface area contributed by atoms with E-state index in [4.69, 9.17) is 9.47 Å². The van der Waals surface area contributed by atoms with Gasteiger partial charge in [-0.1, -0.05) is 0 Å². The fraction of sp³-hybridized carbons (Fsp3) is 0.333. The first-order valence-electron chi connectivity index (χ1n) is 5.46. The van der Waals surface area contributed by atoms with Crippen LogP contribution >= 0.6 is 0 Å². The van der Waals surface area contributed by atoms with E-state index in [1.165, 1.54) is 18.2 Å². The molecule has 2 aromatic rings. The minimum atomic E-state index is -0.424. The van der Waals surface area contributed by atoms with Crippen LogP contribution in [0, 0.1) is 5.82 Å². The van der Waals surface area contributed by atoms with Crippen LogP contribution in [-0.2, 0) is 16.1 Å². The largest absolute Gasteiger partial charge is 0.382 e. The molecule has 96 valence electrons. The summed E-state index contributed by atoms with van der Waals surface area (Å²) in [5.74, 6) is -0.0546. The van der Waals surface area contributed by atoms with E-state index in [1.54, 1.807) is 7.11 Å². The lowest BCUT2D eigenvalue weighted by Gasteiger charge is -2.04. The maximum Gasteiger partial charge on any atom is 0.258 e. The molecule has 0 saturated heterocycles. The van der Waals surface area contributed by atoms with Gasteiger partial charge in [0.1, 0.15) is 18.2 Å². The maximum absolute atomic E-state index is 13.1. The van der Waals surface area contributed by atoms with Gasteiger partial charge in [0.25, 0.3) is 5.56 Å². The molecule has 0 aliphatic heterocycles. The average molecular weight is 252 g/mol. The summed E-state index contributed by atoms with van der Waals surface area (Å²) in [6.45, 7) is 1.03. The van der Waals surface area contributed by atoms with Crippen LogP contribution in [0.2, 0.25) is 0 Å². The second-order valence-electron chi connectivity index (χ2n) is 3.72. The van der Waals surface area contributed by atoms with Crippen LogP contribution in [-0.4, -0.2) is 30.3 Å². The SMILES string of the molecule is COCCOCc1nc2cc(F)ccc2c(=O)[nH]1. The predicted octanol–water partition coefficient (Wildman–Crippen LogP) is 1.23. The third kappa shape index (κ3) is 2.91. The Morgan fingerprint density at radius 2 is 2.22 bits per heavy atom. The number of ether oxygens (including phenoxy) is 2. The fourth-order valence-electron chi connectivity index (χ4n) is 1.54. The van der Waals surface area contributed by atoms with Gasteiger partial charge in [-0.05, 0) is 12.1 Å². The van der Waals surface area contributed by atoms with E-state index in [2.05, 4.69) is 9.97 Å². The minimum Gasteiger partial charge on any atom is -0.382 e. The summed E-state index contributed by atoms with van der Waals surface area (Å²) in [6, 6.07) is 3.86. The summed E-state index contributed by atoms with van der Waals surface area (Å²) in [5, 5.41) is 0.358. The molecule has 0 unspecified atom stereocenters. The third-order valence-corrected chi connectivity index (χ3v) is 2.39. The Morgan fingerprint density at radius 3 is 3.00 bits per heavy atom. The maximum atomic E-state index is 13.1. The van der Waals surface area contributed by atoms with Crippen LogP contribution in [0.1, 0.15) is 5.82 Å². The van der Waals surface area contributed by atoms with E-state index < -0.39 is 5.82 Å². The molecule has 6 heteroatoms. The second kappa shape index (κ2) is 5.70. The first kappa shape index (κ1) is 12.7. The summed E-state index contributed by atoms with van der Waals surface area (Å²) in [6.07, 6.45) is 0. The number of fused-ring (bicyclic) bond motifs is 1. The highest BCUT2D eigenvalue weighted by molar-refractivity contribution is 5.77. The minimum absolute atomic E-state index is 0.158. The van der Waals surface area contributed by atoms with Crippen molar-refractivity contribution < 1.29 is 13.9 Å². The molecule has 0 spiro atoms. The molecule has 0 aliphatic rings. The first-order valence-corrected chi connectivity index (χ1v) is 5.46.